The van der Waals surface area contributed by atoms with Gasteiger partial charge in [0.25, 0.3) is 5.91 Å². The second-order valence-electron chi connectivity index (χ2n) is 9.27. The third kappa shape index (κ3) is 3.52. The highest BCUT2D eigenvalue weighted by atomic mass is 16.5. The maximum Gasteiger partial charge on any atom is 0.310 e. The van der Waals surface area contributed by atoms with Crippen LogP contribution in [0.15, 0.2) is 42.5 Å². The average Bonchev–Trinajstić information content (AvgIpc) is 2.65. The minimum absolute atomic E-state index is 0.0312. The van der Waals surface area contributed by atoms with Gasteiger partial charge >= 0.3 is 5.97 Å². The Labute approximate surface area is 165 Å². The lowest BCUT2D eigenvalue weighted by Gasteiger charge is -2.56. The Hall–Kier alpha value is -2.36. The molecule has 0 aliphatic heterocycles. The molecule has 4 bridgehead atoms. The van der Waals surface area contributed by atoms with E-state index < -0.39 is 0 Å². The summed E-state index contributed by atoms with van der Waals surface area (Å²) in [4.78, 5) is 24.7. The van der Waals surface area contributed by atoms with Crippen LogP contribution in [-0.2, 0) is 20.7 Å². The fourth-order valence-electron chi connectivity index (χ4n) is 6.31. The molecule has 0 unspecified atom stereocenters. The first kappa shape index (κ1) is 17.7. The van der Waals surface area contributed by atoms with Gasteiger partial charge in [-0.25, -0.2) is 0 Å². The first-order valence-corrected chi connectivity index (χ1v) is 10.5. The molecule has 0 saturated heterocycles. The van der Waals surface area contributed by atoms with E-state index in [0.29, 0.717) is 0 Å². The Morgan fingerprint density at radius 3 is 2.25 bits per heavy atom. The molecule has 4 saturated carbocycles. The summed E-state index contributed by atoms with van der Waals surface area (Å²) in [6.07, 6.45) is 7.54. The molecule has 4 aliphatic rings. The summed E-state index contributed by atoms with van der Waals surface area (Å²) < 4.78 is 5.28. The molecular formula is C24H27NO3. The smallest absolute Gasteiger partial charge is 0.310 e. The van der Waals surface area contributed by atoms with Crippen molar-refractivity contribution in [3.05, 3.63) is 48.0 Å². The molecule has 4 aliphatic carbocycles. The van der Waals surface area contributed by atoms with E-state index in [0.717, 1.165) is 53.4 Å². The molecule has 2 aromatic rings. The highest BCUT2D eigenvalue weighted by molar-refractivity contribution is 5.85. The van der Waals surface area contributed by atoms with E-state index in [2.05, 4.69) is 5.32 Å². The summed E-state index contributed by atoms with van der Waals surface area (Å²) in [6.45, 7) is -0.172. The lowest BCUT2D eigenvalue weighted by Crippen LogP contribution is -2.60. The highest BCUT2D eigenvalue weighted by Crippen LogP contribution is 2.55. The Balaban J connectivity index is 1.15. The van der Waals surface area contributed by atoms with Crippen molar-refractivity contribution in [2.75, 3.05) is 6.61 Å². The van der Waals surface area contributed by atoms with E-state index in [1.54, 1.807) is 0 Å². The van der Waals surface area contributed by atoms with Crippen molar-refractivity contribution in [2.24, 2.45) is 17.8 Å². The van der Waals surface area contributed by atoms with Crippen LogP contribution in [0, 0.1) is 17.8 Å². The molecule has 0 aromatic heterocycles. The van der Waals surface area contributed by atoms with Gasteiger partial charge in [0.1, 0.15) is 0 Å². The standard InChI is InChI=1S/C24H27NO3/c26-22(25-24-12-17-7-18(13-24)9-19(8-17)14-24)15-28-23(27)11-16-5-6-20-3-1-2-4-21(20)10-16/h1-6,10,17-19H,7-9,11-15H2,(H,25,26). The number of amides is 1. The summed E-state index contributed by atoms with van der Waals surface area (Å²) >= 11 is 0. The third-order valence-corrected chi connectivity index (χ3v) is 6.97. The predicted molar refractivity (Wildman–Crippen MR) is 108 cm³/mol. The number of ether oxygens (including phenoxy) is 1. The fraction of sp³-hybridized carbons (Fsp3) is 0.500. The number of carbonyl (C=O) groups is 2. The van der Waals surface area contributed by atoms with Crippen molar-refractivity contribution in [3.63, 3.8) is 0 Å². The van der Waals surface area contributed by atoms with Gasteiger partial charge in [-0.2, -0.15) is 0 Å². The minimum atomic E-state index is -0.351. The van der Waals surface area contributed by atoms with Crippen molar-refractivity contribution in [3.8, 4) is 0 Å². The number of hydrogen-bond acceptors (Lipinski definition) is 3. The molecule has 1 N–H and O–H groups in total. The van der Waals surface area contributed by atoms with Crippen LogP contribution in [0.2, 0.25) is 0 Å². The first-order valence-electron chi connectivity index (χ1n) is 10.5. The number of nitrogens with one attached hydrogen (secondary N) is 1. The van der Waals surface area contributed by atoms with Gasteiger partial charge in [0.15, 0.2) is 6.61 Å². The summed E-state index contributed by atoms with van der Waals surface area (Å²) in [5.41, 5.74) is 0.876. The van der Waals surface area contributed by atoms with Crippen molar-refractivity contribution in [2.45, 2.75) is 50.5 Å². The Morgan fingerprint density at radius 1 is 0.929 bits per heavy atom. The van der Waals surface area contributed by atoms with Gasteiger partial charge in [0, 0.05) is 5.54 Å². The third-order valence-electron chi connectivity index (χ3n) is 6.97. The quantitative estimate of drug-likeness (QED) is 0.801. The van der Waals surface area contributed by atoms with Gasteiger partial charge in [-0.3, -0.25) is 9.59 Å². The molecule has 0 radical (unpaired) electrons. The van der Waals surface area contributed by atoms with Crippen molar-refractivity contribution < 1.29 is 14.3 Å². The largest absolute Gasteiger partial charge is 0.455 e. The van der Waals surface area contributed by atoms with Gasteiger partial charge < -0.3 is 10.1 Å². The van der Waals surface area contributed by atoms with Gasteiger partial charge in [0.05, 0.1) is 6.42 Å². The fourth-order valence-corrected chi connectivity index (χ4v) is 6.31. The minimum Gasteiger partial charge on any atom is -0.455 e. The Bertz CT molecular complexity index is 884. The molecular weight excluding hydrogens is 350 g/mol. The number of hydrogen-bond donors (Lipinski definition) is 1. The van der Waals surface area contributed by atoms with Crippen LogP contribution in [0.4, 0.5) is 0 Å². The zero-order chi connectivity index (χ0) is 19.1. The molecule has 28 heavy (non-hydrogen) atoms. The molecule has 4 nitrogen and oxygen atoms in total. The maximum atomic E-state index is 12.5. The van der Waals surface area contributed by atoms with Crippen LogP contribution in [0.25, 0.3) is 10.8 Å². The first-order chi connectivity index (χ1) is 13.6. The molecule has 4 heteroatoms. The van der Waals surface area contributed by atoms with Crippen molar-refractivity contribution >= 4 is 22.6 Å². The van der Waals surface area contributed by atoms with Crippen LogP contribution in [0.3, 0.4) is 0 Å². The Morgan fingerprint density at radius 2 is 1.57 bits per heavy atom. The average molecular weight is 377 g/mol. The number of carbonyl (C=O) groups excluding carboxylic acids is 2. The Kier molecular flexibility index (Phi) is 4.37. The van der Waals surface area contributed by atoms with Crippen LogP contribution in [-0.4, -0.2) is 24.0 Å². The second-order valence-corrected chi connectivity index (χ2v) is 9.27. The van der Waals surface area contributed by atoms with E-state index in [1.165, 1.54) is 19.3 Å². The topological polar surface area (TPSA) is 55.4 Å². The number of fused-ring (bicyclic) bond motifs is 1. The molecule has 0 heterocycles. The molecule has 1 amide bonds. The molecule has 0 atom stereocenters. The highest BCUT2D eigenvalue weighted by Gasteiger charge is 2.51. The van der Waals surface area contributed by atoms with E-state index in [4.69, 9.17) is 4.74 Å². The summed E-state index contributed by atoms with van der Waals surface area (Å²) in [7, 11) is 0. The van der Waals surface area contributed by atoms with Crippen LogP contribution in [0.5, 0.6) is 0 Å². The normalized spacial score (nSPS) is 30.4. The summed E-state index contributed by atoms with van der Waals surface area (Å²) in [5.74, 6) is 1.84. The van der Waals surface area contributed by atoms with Gasteiger partial charge in [-0.05, 0) is 72.6 Å². The second kappa shape index (κ2) is 6.91. The zero-order valence-electron chi connectivity index (χ0n) is 16.2. The molecule has 146 valence electrons. The zero-order valence-corrected chi connectivity index (χ0v) is 16.2. The molecule has 2 aromatic carbocycles. The van der Waals surface area contributed by atoms with Crippen LogP contribution < -0.4 is 5.32 Å². The lowest BCUT2D eigenvalue weighted by molar-refractivity contribution is -0.149. The van der Waals surface area contributed by atoms with Crippen molar-refractivity contribution in [1.82, 2.24) is 5.32 Å². The SMILES string of the molecule is O=C(COC(=O)Cc1ccc2ccccc2c1)NC12CC3CC(CC(C3)C1)C2. The van der Waals surface area contributed by atoms with Gasteiger partial charge in [-0.1, -0.05) is 42.5 Å². The van der Waals surface area contributed by atoms with E-state index in [1.807, 2.05) is 42.5 Å². The number of benzene rings is 2. The van der Waals surface area contributed by atoms with Gasteiger partial charge in [0.2, 0.25) is 0 Å². The number of rotatable bonds is 5. The molecule has 0 spiro atoms. The van der Waals surface area contributed by atoms with Crippen molar-refractivity contribution in [1.29, 1.82) is 0 Å². The van der Waals surface area contributed by atoms with Crippen LogP contribution in [0.1, 0.15) is 44.1 Å². The summed E-state index contributed by atoms with van der Waals surface area (Å²) in [5, 5.41) is 5.50. The lowest BCUT2D eigenvalue weighted by atomic mass is 9.53. The number of esters is 1. The maximum absolute atomic E-state index is 12.5. The predicted octanol–water partition coefficient (Wildman–Crippen LogP) is 4.01. The molecule has 6 rings (SSSR count). The monoisotopic (exact) mass is 377 g/mol. The summed E-state index contributed by atoms with van der Waals surface area (Å²) in [6, 6.07) is 14.0. The van der Waals surface area contributed by atoms with E-state index in [-0.39, 0.29) is 30.4 Å². The molecule has 4 fully saturated rings. The van der Waals surface area contributed by atoms with Gasteiger partial charge in [-0.15, -0.1) is 0 Å². The van der Waals surface area contributed by atoms with E-state index >= 15 is 0 Å². The van der Waals surface area contributed by atoms with E-state index in [9.17, 15) is 9.59 Å². The van der Waals surface area contributed by atoms with Crippen LogP contribution >= 0.6 is 0 Å².